The minimum absolute atomic E-state index is 0.122. The smallest absolute Gasteiger partial charge is 0.255 e. The third kappa shape index (κ3) is 3.22. The number of carbonyl (C=O) groups is 1. The second-order valence-electron chi connectivity index (χ2n) is 4.55. The fourth-order valence-electron chi connectivity index (χ4n) is 1.98. The molecule has 0 aliphatic heterocycles. The molecule has 0 bridgehead atoms. The van der Waals surface area contributed by atoms with E-state index in [-0.39, 0.29) is 5.91 Å². The van der Waals surface area contributed by atoms with Crippen molar-refractivity contribution in [2.45, 2.75) is 20.3 Å². The first-order valence-electron chi connectivity index (χ1n) is 6.37. The predicted molar refractivity (Wildman–Crippen MR) is 87.7 cm³/mol. The molecule has 0 saturated heterocycles. The molecule has 4 heteroatoms. The Bertz CT molecular complexity index is 655. The predicted octanol–water partition coefficient (Wildman–Crippen LogP) is 5.23. The van der Waals surface area contributed by atoms with E-state index in [0.717, 1.165) is 22.0 Å². The lowest BCUT2D eigenvalue weighted by Crippen LogP contribution is -2.14. The Kier molecular flexibility index (Phi) is 4.84. The Morgan fingerprint density at radius 1 is 1.30 bits per heavy atom. The summed E-state index contributed by atoms with van der Waals surface area (Å²) in [6.07, 6.45) is 0.819. The largest absolute Gasteiger partial charge is 0.321 e. The Balaban J connectivity index is 2.30. The van der Waals surface area contributed by atoms with E-state index in [4.69, 9.17) is 11.6 Å². The van der Waals surface area contributed by atoms with Gasteiger partial charge in [0.1, 0.15) is 0 Å². The monoisotopic (exact) mass is 351 g/mol. The molecule has 0 heterocycles. The standard InChI is InChI=1S/C16H15BrClNO/c1-3-11-6-4-5-7-12(11)16(20)19-15-9-14(18)10(2)8-13(15)17/h4-9H,3H2,1-2H3,(H,19,20). The number of anilines is 1. The van der Waals surface area contributed by atoms with Crippen molar-refractivity contribution in [1.29, 1.82) is 0 Å². The van der Waals surface area contributed by atoms with Crippen molar-refractivity contribution in [3.05, 3.63) is 62.6 Å². The average molecular weight is 353 g/mol. The van der Waals surface area contributed by atoms with Crippen LogP contribution in [0, 0.1) is 6.92 Å². The lowest BCUT2D eigenvalue weighted by Gasteiger charge is -2.11. The van der Waals surface area contributed by atoms with Crippen LogP contribution in [-0.2, 0) is 6.42 Å². The highest BCUT2D eigenvalue weighted by molar-refractivity contribution is 9.10. The topological polar surface area (TPSA) is 29.1 Å². The number of halogens is 2. The highest BCUT2D eigenvalue weighted by Gasteiger charge is 2.12. The molecule has 2 aromatic carbocycles. The van der Waals surface area contributed by atoms with Crippen molar-refractivity contribution in [1.82, 2.24) is 0 Å². The maximum atomic E-state index is 12.4. The van der Waals surface area contributed by atoms with Crippen molar-refractivity contribution < 1.29 is 4.79 Å². The first kappa shape index (κ1) is 15.1. The molecule has 0 unspecified atom stereocenters. The molecule has 104 valence electrons. The van der Waals surface area contributed by atoms with Gasteiger partial charge in [0.2, 0.25) is 0 Å². The Morgan fingerprint density at radius 2 is 2.00 bits per heavy atom. The van der Waals surface area contributed by atoms with Gasteiger partial charge in [-0.05, 0) is 58.6 Å². The van der Waals surface area contributed by atoms with Crippen LogP contribution in [0.3, 0.4) is 0 Å². The van der Waals surface area contributed by atoms with Crippen LogP contribution in [0.25, 0.3) is 0 Å². The molecular weight excluding hydrogens is 338 g/mol. The summed E-state index contributed by atoms with van der Waals surface area (Å²) >= 11 is 9.55. The van der Waals surface area contributed by atoms with E-state index in [1.807, 2.05) is 44.2 Å². The lowest BCUT2D eigenvalue weighted by molar-refractivity contribution is 0.102. The van der Waals surface area contributed by atoms with Crippen LogP contribution in [0.5, 0.6) is 0 Å². The molecule has 1 amide bonds. The lowest BCUT2D eigenvalue weighted by atomic mass is 10.0. The van der Waals surface area contributed by atoms with E-state index in [1.54, 1.807) is 6.07 Å². The zero-order valence-corrected chi connectivity index (χ0v) is 13.7. The van der Waals surface area contributed by atoms with Crippen molar-refractivity contribution in [3.8, 4) is 0 Å². The van der Waals surface area contributed by atoms with Gasteiger partial charge < -0.3 is 5.32 Å². The Labute approximate surface area is 132 Å². The van der Waals surface area contributed by atoms with E-state index in [1.165, 1.54) is 0 Å². The van der Waals surface area contributed by atoms with Gasteiger partial charge in [-0.3, -0.25) is 4.79 Å². The molecule has 0 aliphatic rings. The van der Waals surface area contributed by atoms with Crippen LogP contribution in [-0.4, -0.2) is 5.91 Å². The van der Waals surface area contributed by atoms with Crippen molar-refractivity contribution in [3.63, 3.8) is 0 Å². The van der Waals surface area contributed by atoms with Crippen LogP contribution < -0.4 is 5.32 Å². The fraction of sp³-hybridized carbons (Fsp3) is 0.188. The molecule has 2 aromatic rings. The second kappa shape index (κ2) is 6.42. The molecule has 0 spiro atoms. The van der Waals surface area contributed by atoms with Crippen molar-refractivity contribution in [2.75, 3.05) is 5.32 Å². The maximum Gasteiger partial charge on any atom is 0.255 e. The van der Waals surface area contributed by atoms with Crippen LogP contribution in [0.1, 0.15) is 28.4 Å². The summed E-state index contributed by atoms with van der Waals surface area (Å²) < 4.78 is 0.821. The SMILES string of the molecule is CCc1ccccc1C(=O)Nc1cc(Cl)c(C)cc1Br. The van der Waals surface area contributed by atoms with E-state index in [0.29, 0.717) is 16.3 Å². The van der Waals surface area contributed by atoms with Crippen LogP contribution in [0.4, 0.5) is 5.69 Å². The number of rotatable bonds is 3. The van der Waals surface area contributed by atoms with Crippen LogP contribution in [0.15, 0.2) is 40.9 Å². The zero-order valence-electron chi connectivity index (χ0n) is 11.3. The summed E-state index contributed by atoms with van der Waals surface area (Å²) in [5.41, 5.74) is 3.36. The number of benzene rings is 2. The van der Waals surface area contributed by atoms with Gasteiger partial charge in [0, 0.05) is 15.1 Å². The third-order valence-electron chi connectivity index (χ3n) is 3.14. The van der Waals surface area contributed by atoms with Gasteiger partial charge >= 0.3 is 0 Å². The number of hydrogen-bond donors (Lipinski definition) is 1. The summed E-state index contributed by atoms with van der Waals surface area (Å²) in [6, 6.07) is 11.3. The quantitative estimate of drug-likeness (QED) is 0.805. The molecule has 20 heavy (non-hydrogen) atoms. The first-order valence-corrected chi connectivity index (χ1v) is 7.55. The van der Waals surface area contributed by atoms with Crippen LogP contribution >= 0.6 is 27.5 Å². The highest BCUT2D eigenvalue weighted by Crippen LogP contribution is 2.29. The molecule has 0 fully saturated rings. The first-order chi connectivity index (χ1) is 9.52. The van der Waals surface area contributed by atoms with Gasteiger partial charge in [-0.1, -0.05) is 36.7 Å². The number of carbonyl (C=O) groups excluding carboxylic acids is 1. The van der Waals surface area contributed by atoms with Gasteiger partial charge in [0.25, 0.3) is 5.91 Å². The van der Waals surface area contributed by atoms with Crippen LogP contribution in [0.2, 0.25) is 5.02 Å². The highest BCUT2D eigenvalue weighted by atomic mass is 79.9. The molecule has 0 atom stereocenters. The molecule has 1 N–H and O–H groups in total. The number of nitrogens with one attached hydrogen (secondary N) is 1. The maximum absolute atomic E-state index is 12.4. The van der Waals surface area contributed by atoms with Gasteiger partial charge in [-0.25, -0.2) is 0 Å². The number of amides is 1. The van der Waals surface area contributed by atoms with E-state index in [9.17, 15) is 4.79 Å². The van der Waals surface area contributed by atoms with Gasteiger partial charge in [-0.15, -0.1) is 0 Å². The zero-order chi connectivity index (χ0) is 14.7. The molecule has 2 rings (SSSR count). The molecule has 0 aliphatic carbocycles. The second-order valence-corrected chi connectivity index (χ2v) is 5.81. The number of aryl methyl sites for hydroxylation is 2. The average Bonchev–Trinajstić information content (AvgIpc) is 2.44. The third-order valence-corrected chi connectivity index (χ3v) is 4.20. The Morgan fingerprint density at radius 3 is 2.70 bits per heavy atom. The summed E-state index contributed by atoms with van der Waals surface area (Å²) in [7, 11) is 0. The van der Waals surface area contributed by atoms with Gasteiger partial charge in [0.15, 0.2) is 0 Å². The van der Waals surface area contributed by atoms with Gasteiger partial charge in [-0.2, -0.15) is 0 Å². The summed E-state index contributed by atoms with van der Waals surface area (Å²) in [5.74, 6) is -0.122. The summed E-state index contributed by atoms with van der Waals surface area (Å²) in [5, 5.41) is 3.53. The molecular formula is C16H15BrClNO. The molecule has 0 aromatic heterocycles. The fourth-order valence-corrected chi connectivity index (χ4v) is 2.70. The minimum atomic E-state index is -0.122. The van der Waals surface area contributed by atoms with E-state index in [2.05, 4.69) is 21.2 Å². The van der Waals surface area contributed by atoms with E-state index < -0.39 is 0 Å². The molecule has 0 radical (unpaired) electrons. The van der Waals surface area contributed by atoms with Crippen molar-refractivity contribution >= 4 is 39.1 Å². The minimum Gasteiger partial charge on any atom is -0.321 e. The van der Waals surface area contributed by atoms with E-state index >= 15 is 0 Å². The molecule has 0 saturated carbocycles. The normalized spacial score (nSPS) is 10.4. The summed E-state index contributed by atoms with van der Waals surface area (Å²) in [4.78, 5) is 12.4. The molecule has 2 nitrogen and oxygen atoms in total. The van der Waals surface area contributed by atoms with Crippen molar-refractivity contribution in [2.24, 2.45) is 0 Å². The number of hydrogen-bond acceptors (Lipinski definition) is 1. The summed E-state index contributed by atoms with van der Waals surface area (Å²) in [6.45, 7) is 3.95. The van der Waals surface area contributed by atoms with Gasteiger partial charge in [0.05, 0.1) is 5.69 Å². The Hall–Kier alpha value is -1.32.